The Hall–Kier alpha value is -1.39. The van der Waals surface area contributed by atoms with Gasteiger partial charge in [0.25, 0.3) is 0 Å². The van der Waals surface area contributed by atoms with Crippen LogP contribution >= 0.6 is 11.3 Å². The molecule has 7 nitrogen and oxygen atoms in total. The molecule has 0 bridgehead atoms. The summed E-state index contributed by atoms with van der Waals surface area (Å²) < 4.78 is 23.1. The van der Waals surface area contributed by atoms with Crippen molar-refractivity contribution in [3.8, 4) is 10.6 Å². The van der Waals surface area contributed by atoms with Crippen LogP contribution in [0.1, 0.15) is 51.5 Å². The van der Waals surface area contributed by atoms with Gasteiger partial charge in [0.2, 0.25) is 4.80 Å². The zero-order valence-corrected chi connectivity index (χ0v) is 22.5. The normalized spacial score (nSPS) is 19.7. The van der Waals surface area contributed by atoms with Gasteiger partial charge in [0.1, 0.15) is 16.0 Å². The first-order valence-electron chi connectivity index (χ1n) is 12.8. The minimum Gasteiger partial charge on any atom is -0.379 e. The molecule has 0 amide bonds. The lowest BCUT2D eigenvalue weighted by Crippen LogP contribution is -2.41. The van der Waals surface area contributed by atoms with Crippen LogP contribution in [0.5, 0.6) is 0 Å². The zero-order valence-electron chi connectivity index (χ0n) is 20.9. The number of morpholine rings is 1. The molecule has 1 aromatic carbocycles. The molecular weight excluding hydrogens is 466 g/mol. The molecule has 34 heavy (non-hydrogen) atoms. The number of nitrogens with zero attached hydrogens (tertiary/aromatic N) is 5. The maximum absolute atomic E-state index is 13.7. The van der Waals surface area contributed by atoms with Crippen LogP contribution in [-0.2, 0) is 29.2 Å². The molecule has 2 heterocycles. The standard InChI is InChI=1S/C25H39N5O2S2/c1-4-20-11-12-21(24-27-28(3)25(33-24)26-22-9-7-6-8-10-22)19-23(20)34(31)30(5-2)14-13-29-15-17-32-18-16-29/h11-12,19,22H,4-10,13-18H2,1-3H3. The first-order valence-corrected chi connectivity index (χ1v) is 14.7. The summed E-state index contributed by atoms with van der Waals surface area (Å²) in [5.41, 5.74) is 2.16. The van der Waals surface area contributed by atoms with Gasteiger partial charge in [-0.05, 0) is 30.9 Å². The number of benzene rings is 1. The third-order valence-electron chi connectivity index (χ3n) is 6.81. The fraction of sp³-hybridized carbons (Fsp3) is 0.680. The van der Waals surface area contributed by atoms with Gasteiger partial charge in [-0.2, -0.15) is 5.10 Å². The molecule has 2 aromatic rings. The van der Waals surface area contributed by atoms with Gasteiger partial charge in [-0.1, -0.05) is 56.6 Å². The molecule has 0 radical (unpaired) electrons. The van der Waals surface area contributed by atoms with Crippen molar-refractivity contribution in [2.75, 3.05) is 45.9 Å². The van der Waals surface area contributed by atoms with Gasteiger partial charge in [-0.25, -0.2) is 13.2 Å². The van der Waals surface area contributed by atoms with Crippen LogP contribution in [0.2, 0.25) is 0 Å². The second-order valence-electron chi connectivity index (χ2n) is 9.14. The molecule has 9 heteroatoms. The molecule has 1 saturated carbocycles. The van der Waals surface area contributed by atoms with Crippen molar-refractivity contribution in [1.29, 1.82) is 0 Å². The smallest absolute Gasteiger partial charge is 0.203 e. The van der Waals surface area contributed by atoms with E-state index in [1.165, 1.54) is 32.1 Å². The van der Waals surface area contributed by atoms with Gasteiger partial charge >= 0.3 is 0 Å². The molecule has 1 unspecified atom stereocenters. The third-order valence-corrected chi connectivity index (χ3v) is 9.54. The van der Waals surface area contributed by atoms with E-state index in [0.717, 1.165) is 78.2 Å². The van der Waals surface area contributed by atoms with Gasteiger partial charge in [-0.15, -0.1) is 0 Å². The first-order chi connectivity index (χ1) is 16.6. The third kappa shape index (κ3) is 6.43. The fourth-order valence-electron chi connectivity index (χ4n) is 4.66. The van der Waals surface area contributed by atoms with Crippen LogP contribution in [0.15, 0.2) is 28.1 Å². The summed E-state index contributed by atoms with van der Waals surface area (Å²) in [6.07, 6.45) is 7.10. The number of hydrogen-bond acceptors (Lipinski definition) is 6. The molecule has 1 aromatic heterocycles. The van der Waals surface area contributed by atoms with Gasteiger partial charge < -0.3 is 4.74 Å². The lowest BCUT2D eigenvalue weighted by atomic mass is 9.96. The predicted octanol–water partition coefficient (Wildman–Crippen LogP) is 3.62. The lowest BCUT2D eigenvalue weighted by Gasteiger charge is -2.29. The Morgan fingerprint density at radius 1 is 1.21 bits per heavy atom. The minimum atomic E-state index is -1.20. The quantitative estimate of drug-likeness (QED) is 0.522. The number of aromatic nitrogens is 2. The Morgan fingerprint density at radius 3 is 2.68 bits per heavy atom. The SMILES string of the molecule is CCc1ccc(-c2nn(C)c(=NC3CCCCC3)s2)cc1S(=O)N(CC)CCN1CCOCC1. The number of ether oxygens (including phenoxy) is 1. The van der Waals surface area contributed by atoms with E-state index >= 15 is 0 Å². The summed E-state index contributed by atoms with van der Waals surface area (Å²) in [6, 6.07) is 6.75. The summed E-state index contributed by atoms with van der Waals surface area (Å²) in [7, 11) is 0.775. The maximum atomic E-state index is 13.7. The average molecular weight is 506 g/mol. The summed E-state index contributed by atoms with van der Waals surface area (Å²) in [4.78, 5) is 9.29. The molecule has 0 N–H and O–H groups in total. The zero-order chi connectivity index (χ0) is 23.9. The number of rotatable bonds is 9. The molecule has 2 aliphatic rings. The van der Waals surface area contributed by atoms with Crippen LogP contribution in [0.4, 0.5) is 0 Å². The van der Waals surface area contributed by atoms with Crippen molar-refractivity contribution >= 4 is 22.3 Å². The minimum absolute atomic E-state index is 0.420. The monoisotopic (exact) mass is 505 g/mol. The highest BCUT2D eigenvalue weighted by molar-refractivity contribution is 7.82. The van der Waals surface area contributed by atoms with Gasteiger partial charge in [-0.3, -0.25) is 9.89 Å². The molecule has 1 atom stereocenters. The van der Waals surface area contributed by atoms with E-state index in [2.05, 4.69) is 41.3 Å². The van der Waals surface area contributed by atoms with E-state index in [1.54, 1.807) is 11.3 Å². The Kier molecular flexibility index (Phi) is 9.47. The topological polar surface area (TPSA) is 63.0 Å². The van der Waals surface area contributed by atoms with Crippen molar-refractivity contribution in [1.82, 2.24) is 19.0 Å². The molecular formula is C25H39N5O2S2. The Bertz CT molecular complexity index is 1020. The van der Waals surface area contributed by atoms with Crippen LogP contribution in [0, 0.1) is 0 Å². The molecule has 0 spiro atoms. The largest absolute Gasteiger partial charge is 0.379 e. The summed E-state index contributed by atoms with van der Waals surface area (Å²) in [5.74, 6) is 0. The fourth-order valence-corrected chi connectivity index (χ4v) is 7.04. The highest BCUT2D eigenvalue weighted by atomic mass is 32.2. The first kappa shape index (κ1) is 25.7. The Balaban J connectivity index is 1.54. The molecule has 1 saturated heterocycles. The van der Waals surface area contributed by atoms with Crippen molar-refractivity contribution in [2.45, 2.75) is 63.3 Å². The highest BCUT2D eigenvalue weighted by Gasteiger charge is 2.20. The van der Waals surface area contributed by atoms with E-state index in [9.17, 15) is 4.21 Å². The van der Waals surface area contributed by atoms with Crippen LogP contribution in [0.3, 0.4) is 0 Å². The second kappa shape index (κ2) is 12.5. The van der Waals surface area contributed by atoms with Gasteiger partial charge in [0.05, 0.1) is 24.2 Å². The molecule has 188 valence electrons. The van der Waals surface area contributed by atoms with E-state index < -0.39 is 11.0 Å². The lowest BCUT2D eigenvalue weighted by molar-refractivity contribution is 0.0365. The molecule has 1 aliphatic carbocycles. The second-order valence-corrected chi connectivity index (χ2v) is 11.5. The number of aryl methyl sites for hydroxylation is 2. The molecule has 2 fully saturated rings. The van der Waals surface area contributed by atoms with Crippen molar-refractivity contribution in [2.24, 2.45) is 12.0 Å². The van der Waals surface area contributed by atoms with Gasteiger partial charge in [0, 0.05) is 45.3 Å². The Labute approximate surface area is 210 Å². The Morgan fingerprint density at radius 2 is 1.97 bits per heavy atom. The van der Waals surface area contributed by atoms with Crippen LogP contribution in [0.25, 0.3) is 10.6 Å². The van der Waals surface area contributed by atoms with E-state index in [0.29, 0.717) is 6.04 Å². The number of likely N-dealkylation sites (N-methyl/N-ethyl adjacent to an activating group) is 1. The van der Waals surface area contributed by atoms with Crippen molar-refractivity contribution in [3.05, 3.63) is 28.6 Å². The van der Waals surface area contributed by atoms with Crippen molar-refractivity contribution < 1.29 is 8.95 Å². The highest BCUT2D eigenvalue weighted by Crippen LogP contribution is 2.27. The van der Waals surface area contributed by atoms with Gasteiger partial charge in [0.15, 0.2) is 0 Å². The van der Waals surface area contributed by atoms with Crippen LogP contribution < -0.4 is 4.80 Å². The summed E-state index contributed by atoms with van der Waals surface area (Å²) >= 11 is 1.64. The predicted molar refractivity (Wildman–Crippen MR) is 139 cm³/mol. The maximum Gasteiger partial charge on any atom is 0.203 e. The average Bonchev–Trinajstić information content (AvgIpc) is 3.25. The summed E-state index contributed by atoms with van der Waals surface area (Å²) in [5, 5.41) is 5.71. The molecule has 4 rings (SSSR count). The van der Waals surface area contributed by atoms with E-state index in [4.69, 9.17) is 14.8 Å². The summed E-state index contributed by atoms with van der Waals surface area (Å²) in [6.45, 7) is 10.2. The van der Waals surface area contributed by atoms with E-state index in [-0.39, 0.29) is 0 Å². The molecule has 1 aliphatic heterocycles. The number of hydrogen-bond donors (Lipinski definition) is 0. The van der Waals surface area contributed by atoms with Crippen molar-refractivity contribution in [3.63, 3.8) is 0 Å². The van der Waals surface area contributed by atoms with E-state index in [1.807, 2.05) is 11.7 Å². The van der Waals surface area contributed by atoms with Crippen LogP contribution in [-0.4, -0.2) is 75.2 Å².